The van der Waals surface area contributed by atoms with E-state index in [4.69, 9.17) is 14.2 Å². The summed E-state index contributed by atoms with van der Waals surface area (Å²) in [4.78, 5) is 10.8. The number of nitrogens with zero attached hydrogens (tertiary/aromatic N) is 2. The fourth-order valence-electron chi connectivity index (χ4n) is 2.54. The summed E-state index contributed by atoms with van der Waals surface area (Å²) < 4.78 is 16.1. The quantitative estimate of drug-likeness (QED) is 0.736. The lowest BCUT2D eigenvalue weighted by molar-refractivity contribution is 0.324. The number of nitrogens with one attached hydrogen (secondary N) is 1. The van der Waals surface area contributed by atoms with Gasteiger partial charge in [-0.3, -0.25) is 0 Å². The Bertz CT molecular complexity index is 838. The van der Waals surface area contributed by atoms with Gasteiger partial charge in [-0.25, -0.2) is 9.97 Å². The number of rotatable bonds is 6. The Labute approximate surface area is 144 Å². The second kappa shape index (κ2) is 6.92. The maximum absolute atomic E-state index is 5.39. The highest BCUT2D eigenvalue weighted by Crippen LogP contribution is 2.38. The SMILES string of the molecule is COc1cc(CNc2ncnc3sc(C)cc23)cc(OC)c1OC. The number of thiophene rings is 1. The molecule has 0 fully saturated rings. The Morgan fingerprint density at radius 3 is 2.33 bits per heavy atom. The van der Waals surface area contributed by atoms with Gasteiger partial charge in [-0.15, -0.1) is 11.3 Å². The van der Waals surface area contributed by atoms with Crippen molar-refractivity contribution in [3.8, 4) is 17.2 Å². The van der Waals surface area contributed by atoms with E-state index >= 15 is 0 Å². The van der Waals surface area contributed by atoms with Gasteiger partial charge in [-0.1, -0.05) is 0 Å². The highest BCUT2D eigenvalue weighted by molar-refractivity contribution is 7.18. The molecule has 0 aliphatic heterocycles. The molecule has 24 heavy (non-hydrogen) atoms. The molecule has 0 saturated carbocycles. The number of aromatic nitrogens is 2. The van der Waals surface area contributed by atoms with Crippen LogP contribution in [0.4, 0.5) is 5.82 Å². The van der Waals surface area contributed by atoms with Gasteiger partial charge in [0.05, 0.1) is 26.7 Å². The van der Waals surface area contributed by atoms with Crippen LogP contribution in [-0.4, -0.2) is 31.3 Å². The summed E-state index contributed by atoms with van der Waals surface area (Å²) in [6.07, 6.45) is 1.58. The van der Waals surface area contributed by atoms with Crippen LogP contribution in [0.2, 0.25) is 0 Å². The van der Waals surface area contributed by atoms with E-state index in [-0.39, 0.29) is 0 Å². The summed E-state index contributed by atoms with van der Waals surface area (Å²) in [5.41, 5.74) is 1.00. The predicted octanol–water partition coefficient (Wildman–Crippen LogP) is 3.64. The first-order valence-electron chi connectivity index (χ1n) is 7.40. The molecular weight excluding hydrogens is 326 g/mol. The van der Waals surface area contributed by atoms with Crippen molar-refractivity contribution in [1.82, 2.24) is 9.97 Å². The second-order valence-electron chi connectivity index (χ2n) is 5.19. The zero-order chi connectivity index (χ0) is 17.1. The molecule has 0 aliphatic carbocycles. The van der Waals surface area contributed by atoms with E-state index in [2.05, 4.69) is 28.3 Å². The molecule has 7 heteroatoms. The van der Waals surface area contributed by atoms with Crippen molar-refractivity contribution in [1.29, 1.82) is 0 Å². The van der Waals surface area contributed by atoms with Crippen LogP contribution in [0.3, 0.4) is 0 Å². The molecule has 6 nitrogen and oxygen atoms in total. The molecule has 1 aromatic carbocycles. The molecule has 0 bridgehead atoms. The van der Waals surface area contributed by atoms with E-state index in [0.717, 1.165) is 21.6 Å². The lowest BCUT2D eigenvalue weighted by Gasteiger charge is -2.14. The fraction of sp³-hybridized carbons (Fsp3) is 0.294. The maximum atomic E-state index is 5.39. The molecule has 0 unspecified atom stereocenters. The number of fused-ring (bicyclic) bond motifs is 1. The van der Waals surface area contributed by atoms with Crippen molar-refractivity contribution in [3.05, 3.63) is 35.0 Å². The third kappa shape index (κ3) is 3.07. The van der Waals surface area contributed by atoms with Gasteiger partial charge in [0, 0.05) is 11.4 Å². The fourth-order valence-corrected chi connectivity index (χ4v) is 3.39. The van der Waals surface area contributed by atoms with Gasteiger partial charge in [0.1, 0.15) is 17.0 Å². The monoisotopic (exact) mass is 345 g/mol. The normalized spacial score (nSPS) is 10.7. The smallest absolute Gasteiger partial charge is 0.203 e. The number of hydrogen-bond acceptors (Lipinski definition) is 7. The van der Waals surface area contributed by atoms with E-state index < -0.39 is 0 Å². The third-order valence-corrected chi connectivity index (χ3v) is 4.60. The van der Waals surface area contributed by atoms with Crippen molar-refractivity contribution < 1.29 is 14.2 Å². The number of benzene rings is 1. The molecular formula is C17H19N3O3S. The molecule has 2 aromatic heterocycles. The zero-order valence-electron chi connectivity index (χ0n) is 14.0. The topological polar surface area (TPSA) is 65.5 Å². The van der Waals surface area contributed by atoms with Crippen LogP contribution in [0.1, 0.15) is 10.4 Å². The van der Waals surface area contributed by atoms with E-state index in [1.807, 2.05) is 12.1 Å². The summed E-state index contributed by atoms with van der Waals surface area (Å²) in [6, 6.07) is 5.94. The van der Waals surface area contributed by atoms with Crippen molar-refractivity contribution in [2.45, 2.75) is 13.5 Å². The Morgan fingerprint density at radius 1 is 1.00 bits per heavy atom. The van der Waals surface area contributed by atoms with Crippen LogP contribution in [0.25, 0.3) is 10.2 Å². The summed E-state index contributed by atoms with van der Waals surface area (Å²) in [6.45, 7) is 2.65. The first-order valence-corrected chi connectivity index (χ1v) is 8.21. The maximum Gasteiger partial charge on any atom is 0.203 e. The molecule has 0 radical (unpaired) electrons. The minimum Gasteiger partial charge on any atom is -0.493 e. The predicted molar refractivity (Wildman–Crippen MR) is 95.6 cm³/mol. The highest BCUT2D eigenvalue weighted by Gasteiger charge is 2.13. The lowest BCUT2D eigenvalue weighted by atomic mass is 10.1. The van der Waals surface area contributed by atoms with Gasteiger partial charge in [0.15, 0.2) is 11.5 Å². The summed E-state index contributed by atoms with van der Waals surface area (Å²) in [7, 11) is 4.81. The molecule has 0 atom stereocenters. The van der Waals surface area contributed by atoms with Crippen LogP contribution in [0.15, 0.2) is 24.5 Å². The summed E-state index contributed by atoms with van der Waals surface area (Å²) >= 11 is 1.66. The van der Waals surface area contributed by atoms with Gasteiger partial charge in [-0.05, 0) is 30.7 Å². The number of anilines is 1. The average molecular weight is 345 g/mol. The molecule has 2 heterocycles. The molecule has 0 saturated heterocycles. The van der Waals surface area contributed by atoms with Crippen LogP contribution in [0.5, 0.6) is 17.2 Å². The Kier molecular flexibility index (Phi) is 4.71. The third-order valence-electron chi connectivity index (χ3n) is 3.64. The van der Waals surface area contributed by atoms with Crippen LogP contribution in [-0.2, 0) is 6.54 Å². The van der Waals surface area contributed by atoms with Crippen molar-refractivity contribution in [2.24, 2.45) is 0 Å². The Balaban J connectivity index is 1.88. The minimum absolute atomic E-state index is 0.581. The van der Waals surface area contributed by atoms with Gasteiger partial charge in [-0.2, -0.15) is 0 Å². The molecule has 1 N–H and O–H groups in total. The van der Waals surface area contributed by atoms with Gasteiger partial charge in [0.2, 0.25) is 5.75 Å². The van der Waals surface area contributed by atoms with Crippen LogP contribution >= 0.6 is 11.3 Å². The van der Waals surface area contributed by atoms with Crippen molar-refractivity contribution >= 4 is 27.4 Å². The first kappa shape index (κ1) is 16.3. The van der Waals surface area contributed by atoms with E-state index in [9.17, 15) is 0 Å². The van der Waals surface area contributed by atoms with Crippen LogP contribution in [0, 0.1) is 6.92 Å². The molecule has 126 valence electrons. The van der Waals surface area contributed by atoms with E-state index in [0.29, 0.717) is 23.8 Å². The molecule has 0 spiro atoms. The number of aryl methyl sites for hydroxylation is 1. The Hall–Kier alpha value is -2.54. The highest BCUT2D eigenvalue weighted by atomic mass is 32.1. The second-order valence-corrected chi connectivity index (χ2v) is 6.42. The zero-order valence-corrected chi connectivity index (χ0v) is 14.9. The minimum atomic E-state index is 0.581. The first-order chi connectivity index (χ1) is 11.7. The number of hydrogen-bond donors (Lipinski definition) is 1. The standard InChI is InChI=1S/C17H19N3O3S/c1-10-5-12-16(19-9-20-17(12)24-10)18-8-11-6-13(21-2)15(23-4)14(7-11)22-3/h5-7,9H,8H2,1-4H3,(H,18,19,20). The van der Waals surface area contributed by atoms with Crippen LogP contribution < -0.4 is 19.5 Å². The summed E-state index contributed by atoms with van der Waals surface area (Å²) in [5.74, 6) is 2.67. The van der Waals surface area contributed by atoms with E-state index in [1.165, 1.54) is 4.88 Å². The largest absolute Gasteiger partial charge is 0.493 e. The van der Waals surface area contributed by atoms with Gasteiger partial charge in [0.25, 0.3) is 0 Å². The van der Waals surface area contributed by atoms with Gasteiger partial charge < -0.3 is 19.5 Å². The van der Waals surface area contributed by atoms with E-state index in [1.54, 1.807) is 39.0 Å². The average Bonchev–Trinajstić information content (AvgIpc) is 2.99. The number of methoxy groups -OCH3 is 3. The summed E-state index contributed by atoms with van der Waals surface area (Å²) in [5, 5.41) is 4.40. The number of ether oxygens (including phenoxy) is 3. The van der Waals surface area contributed by atoms with Gasteiger partial charge >= 0.3 is 0 Å². The molecule has 0 aliphatic rings. The Morgan fingerprint density at radius 2 is 1.71 bits per heavy atom. The molecule has 3 rings (SSSR count). The van der Waals surface area contributed by atoms with Crippen molar-refractivity contribution in [3.63, 3.8) is 0 Å². The molecule has 3 aromatic rings. The van der Waals surface area contributed by atoms with Crippen molar-refractivity contribution in [2.75, 3.05) is 26.6 Å². The molecule has 0 amide bonds. The lowest BCUT2D eigenvalue weighted by Crippen LogP contribution is -2.04.